The zero-order valence-corrected chi connectivity index (χ0v) is 28.0. The Morgan fingerprint density at radius 3 is 1.17 bits per heavy atom. The van der Waals surface area contributed by atoms with Gasteiger partial charge in [0.2, 0.25) is 5.91 Å². The molecule has 0 aliphatic heterocycles. The number of thioether (sulfide) groups is 1. The van der Waals surface area contributed by atoms with E-state index in [1.807, 2.05) is 0 Å². The Hall–Kier alpha value is -1.04. The van der Waals surface area contributed by atoms with Gasteiger partial charge in [0.25, 0.3) is 0 Å². The standard InChI is InChI=1S/C35H67NO4S/c1-3-5-7-9-11-13-15-17-19-21-23-25-27-29-33(37)36-32(35(39)40)31-41-34(38)30-28-26-24-22-20-18-16-14-12-10-8-6-4-2/h32H,3-31H2,1-2H3,(H,36,37)(H,39,40). The molecule has 0 aromatic rings. The van der Waals surface area contributed by atoms with Crippen LogP contribution < -0.4 is 5.32 Å². The quantitative estimate of drug-likeness (QED) is 0.0754. The third kappa shape index (κ3) is 30.2. The van der Waals surface area contributed by atoms with E-state index in [-0.39, 0.29) is 16.8 Å². The molecule has 0 heterocycles. The van der Waals surface area contributed by atoms with Crippen LogP contribution in [0.4, 0.5) is 0 Å². The van der Waals surface area contributed by atoms with E-state index >= 15 is 0 Å². The number of rotatable bonds is 32. The minimum absolute atomic E-state index is 0.0325. The number of unbranched alkanes of at least 4 members (excludes halogenated alkanes) is 24. The molecule has 1 unspecified atom stereocenters. The van der Waals surface area contributed by atoms with Gasteiger partial charge in [0, 0.05) is 18.6 Å². The number of carbonyl (C=O) groups is 3. The van der Waals surface area contributed by atoms with Crippen molar-refractivity contribution in [2.45, 2.75) is 200 Å². The second-order valence-corrected chi connectivity index (χ2v) is 13.2. The summed E-state index contributed by atoms with van der Waals surface area (Å²) in [5, 5.41) is 12.1. The lowest BCUT2D eigenvalue weighted by Gasteiger charge is -2.14. The van der Waals surface area contributed by atoms with Crippen LogP contribution in [0.1, 0.15) is 194 Å². The molecular weight excluding hydrogens is 530 g/mol. The van der Waals surface area contributed by atoms with Gasteiger partial charge >= 0.3 is 5.97 Å². The van der Waals surface area contributed by atoms with Crippen LogP contribution in [0.2, 0.25) is 0 Å². The van der Waals surface area contributed by atoms with Gasteiger partial charge in [-0.1, -0.05) is 180 Å². The van der Waals surface area contributed by atoms with Crippen molar-refractivity contribution in [1.82, 2.24) is 5.32 Å². The highest BCUT2D eigenvalue weighted by atomic mass is 32.2. The molecule has 242 valence electrons. The van der Waals surface area contributed by atoms with E-state index in [1.54, 1.807) is 0 Å². The number of hydrogen-bond acceptors (Lipinski definition) is 4. The maximum Gasteiger partial charge on any atom is 0.327 e. The zero-order valence-electron chi connectivity index (χ0n) is 27.2. The Morgan fingerprint density at radius 2 is 0.829 bits per heavy atom. The van der Waals surface area contributed by atoms with Gasteiger partial charge in [-0.15, -0.1) is 0 Å². The first-order chi connectivity index (χ1) is 20.0. The van der Waals surface area contributed by atoms with Crippen LogP contribution in [0.25, 0.3) is 0 Å². The van der Waals surface area contributed by atoms with Crippen LogP contribution in [0, 0.1) is 0 Å². The fourth-order valence-electron chi connectivity index (χ4n) is 5.28. The van der Waals surface area contributed by atoms with E-state index in [0.717, 1.165) is 43.9 Å². The normalized spacial score (nSPS) is 12.0. The fraction of sp³-hybridized carbons (Fsp3) is 0.914. The summed E-state index contributed by atoms with van der Waals surface area (Å²) in [6, 6.07) is -0.995. The predicted octanol–water partition coefficient (Wildman–Crippen LogP) is 10.8. The molecule has 0 radical (unpaired) electrons. The van der Waals surface area contributed by atoms with Crippen LogP contribution in [0.15, 0.2) is 0 Å². The van der Waals surface area contributed by atoms with Crippen LogP contribution in [0.5, 0.6) is 0 Å². The Bertz CT molecular complexity index is 613. The summed E-state index contributed by atoms with van der Waals surface area (Å²) in [7, 11) is 0. The summed E-state index contributed by atoms with van der Waals surface area (Å²) in [4.78, 5) is 36.0. The molecule has 0 rings (SSSR count). The Balaban J connectivity index is 3.66. The summed E-state index contributed by atoms with van der Waals surface area (Å²) in [5.74, 6) is -1.17. The maximum atomic E-state index is 12.2. The Morgan fingerprint density at radius 1 is 0.512 bits per heavy atom. The first-order valence-electron chi connectivity index (χ1n) is 17.7. The van der Waals surface area contributed by atoms with Gasteiger partial charge in [0.1, 0.15) is 6.04 Å². The minimum atomic E-state index is -1.06. The molecule has 0 aliphatic rings. The Kier molecular flexibility index (Phi) is 31.1. The molecule has 0 spiro atoms. The van der Waals surface area contributed by atoms with E-state index < -0.39 is 12.0 Å². The first kappa shape index (κ1) is 40.0. The van der Waals surface area contributed by atoms with Crippen molar-refractivity contribution in [3.63, 3.8) is 0 Å². The second-order valence-electron chi connectivity index (χ2n) is 12.1. The first-order valence-corrected chi connectivity index (χ1v) is 18.7. The number of amides is 1. The summed E-state index contributed by atoms with van der Waals surface area (Å²) in [6.45, 7) is 4.51. The largest absolute Gasteiger partial charge is 0.480 e. The van der Waals surface area contributed by atoms with Gasteiger partial charge in [0.05, 0.1) is 0 Å². The van der Waals surface area contributed by atoms with Crippen LogP contribution in [0.3, 0.4) is 0 Å². The predicted molar refractivity (Wildman–Crippen MR) is 178 cm³/mol. The summed E-state index contributed by atoms with van der Waals surface area (Å²) < 4.78 is 0. The molecule has 1 amide bonds. The van der Waals surface area contributed by atoms with Gasteiger partial charge in [-0.3, -0.25) is 9.59 Å². The maximum absolute atomic E-state index is 12.2. The number of carboxylic acids is 1. The van der Waals surface area contributed by atoms with Crippen molar-refractivity contribution >= 4 is 28.8 Å². The van der Waals surface area contributed by atoms with E-state index in [1.165, 1.54) is 135 Å². The molecule has 5 nitrogen and oxygen atoms in total. The monoisotopic (exact) mass is 597 g/mol. The number of nitrogens with one attached hydrogen (secondary N) is 1. The van der Waals surface area contributed by atoms with Crippen molar-refractivity contribution in [1.29, 1.82) is 0 Å². The number of carboxylic acid groups (broad SMARTS) is 1. The molecular formula is C35H67NO4S. The zero-order chi connectivity index (χ0) is 30.2. The molecule has 0 aromatic carbocycles. The van der Waals surface area contributed by atoms with E-state index in [4.69, 9.17) is 0 Å². The van der Waals surface area contributed by atoms with Crippen molar-refractivity contribution in [3.8, 4) is 0 Å². The van der Waals surface area contributed by atoms with Gasteiger partial charge in [0.15, 0.2) is 5.12 Å². The molecule has 0 saturated heterocycles. The highest BCUT2D eigenvalue weighted by Crippen LogP contribution is 2.16. The summed E-state index contributed by atoms with van der Waals surface area (Å²) >= 11 is 1.05. The third-order valence-corrected chi connectivity index (χ3v) is 9.06. The van der Waals surface area contributed by atoms with Crippen molar-refractivity contribution < 1.29 is 19.5 Å². The Labute approximate surface area is 258 Å². The second kappa shape index (κ2) is 31.9. The fourth-order valence-corrected chi connectivity index (χ4v) is 6.15. The van der Waals surface area contributed by atoms with Crippen LogP contribution in [-0.4, -0.2) is 33.9 Å². The van der Waals surface area contributed by atoms with Crippen LogP contribution >= 0.6 is 11.8 Å². The molecule has 6 heteroatoms. The van der Waals surface area contributed by atoms with Crippen molar-refractivity contribution in [2.24, 2.45) is 0 Å². The third-order valence-electron chi connectivity index (χ3n) is 8.04. The average molecular weight is 598 g/mol. The van der Waals surface area contributed by atoms with E-state index in [0.29, 0.717) is 12.8 Å². The molecule has 1 atom stereocenters. The molecule has 41 heavy (non-hydrogen) atoms. The average Bonchev–Trinajstić information content (AvgIpc) is 2.95. The smallest absolute Gasteiger partial charge is 0.327 e. The minimum Gasteiger partial charge on any atom is -0.480 e. The van der Waals surface area contributed by atoms with Crippen molar-refractivity contribution in [3.05, 3.63) is 0 Å². The molecule has 0 aromatic heterocycles. The molecule has 0 bridgehead atoms. The van der Waals surface area contributed by atoms with Gasteiger partial charge in [-0.25, -0.2) is 4.79 Å². The highest BCUT2D eigenvalue weighted by molar-refractivity contribution is 8.13. The molecule has 2 N–H and O–H groups in total. The topological polar surface area (TPSA) is 83.5 Å². The number of aliphatic carboxylic acids is 1. The van der Waals surface area contributed by atoms with Crippen molar-refractivity contribution in [2.75, 3.05) is 5.75 Å². The van der Waals surface area contributed by atoms with Crippen LogP contribution in [-0.2, 0) is 14.4 Å². The highest BCUT2D eigenvalue weighted by Gasteiger charge is 2.21. The van der Waals surface area contributed by atoms with Gasteiger partial charge < -0.3 is 10.4 Å². The van der Waals surface area contributed by atoms with E-state index in [9.17, 15) is 19.5 Å². The van der Waals surface area contributed by atoms with Gasteiger partial charge in [-0.2, -0.15) is 0 Å². The molecule has 0 fully saturated rings. The van der Waals surface area contributed by atoms with Gasteiger partial charge in [-0.05, 0) is 12.8 Å². The SMILES string of the molecule is CCCCCCCCCCCCCCCC(=O)NC(CSC(=O)CCCCCCCCCCCCCCC)C(=O)O. The van der Waals surface area contributed by atoms with E-state index in [2.05, 4.69) is 19.2 Å². The molecule has 0 aliphatic carbocycles. The lowest BCUT2D eigenvalue weighted by Crippen LogP contribution is -2.42. The molecule has 0 saturated carbocycles. The lowest BCUT2D eigenvalue weighted by molar-refractivity contribution is -0.141. The summed E-state index contributed by atoms with van der Waals surface area (Å²) in [5.41, 5.74) is 0. The number of hydrogen-bond donors (Lipinski definition) is 2. The lowest BCUT2D eigenvalue weighted by atomic mass is 10.0. The summed E-state index contributed by atoms with van der Waals surface area (Å²) in [6.07, 6.45) is 33.6. The number of carbonyl (C=O) groups excluding carboxylic acids is 2.